The molecule has 1 aliphatic carbocycles. The highest BCUT2D eigenvalue weighted by atomic mass is 16.6. The van der Waals surface area contributed by atoms with E-state index >= 15 is 0 Å². The van der Waals surface area contributed by atoms with Gasteiger partial charge in [0, 0.05) is 6.54 Å². The number of piperidine rings is 2. The molecule has 1 N–H and O–H groups in total. The summed E-state index contributed by atoms with van der Waals surface area (Å²) in [6.07, 6.45) is 2.63. The summed E-state index contributed by atoms with van der Waals surface area (Å²) in [7, 11) is 0. The molecule has 3 fully saturated rings. The van der Waals surface area contributed by atoms with Crippen molar-refractivity contribution in [1.82, 2.24) is 4.90 Å². The van der Waals surface area contributed by atoms with E-state index in [-0.39, 0.29) is 18.2 Å². The van der Waals surface area contributed by atoms with Crippen LogP contribution in [0.1, 0.15) is 40.0 Å². The second-order valence-electron chi connectivity index (χ2n) is 6.08. The second-order valence-corrected chi connectivity index (χ2v) is 6.08. The molecule has 1 amide bonds. The average molecular weight is 227 g/mol. The fourth-order valence-electron chi connectivity index (χ4n) is 2.80. The lowest BCUT2D eigenvalue weighted by molar-refractivity contribution is -0.104. The maximum absolute atomic E-state index is 12.0. The third-order valence-electron chi connectivity index (χ3n) is 3.58. The Kier molecular flexibility index (Phi) is 2.65. The van der Waals surface area contributed by atoms with Gasteiger partial charge in [-0.1, -0.05) is 0 Å². The maximum atomic E-state index is 12.0. The monoisotopic (exact) mass is 227 g/mol. The van der Waals surface area contributed by atoms with Crippen LogP contribution in [0, 0.1) is 5.92 Å². The van der Waals surface area contributed by atoms with E-state index < -0.39 is 5.60 Å². The van der Waals surface area contributed by atoms with Crippen LogP contribution in [0.2, 0.25) is 0 Å². The fourth-order valence-corrected chi connectivity index (χ4v) is 2.80. The van der Waals surface area contributed by atoms with Crippen molar-refractivity contribution in [2.75, 3.05) is 13.2 Å². The summed E-state index contributed by atoms with van der Waals surface area (Å²) in [6.45, 7) is 6.38. The van der Waals surface area contributed by atoms with Crippen LogP contribution in [0.4, 0.5) is 4.79 Å². The smallest absolute Gasteiger partial charge is 0.410 e. The molecule has 16 heavy (non-hydrogen) atoms. The molecule has 0 atom stereocenters. The van der Waals surface area contributed by atoms with Crippen molar-refractivity contribution in [2.24, 2.45) is 5.92 Å². The normalized spacial score (nSPS) is 33.2. The molecular formula is C12H21NO3. The SMILES string of the molecule is CC(C)(C)OC(=O)N1CCC2CC1(CO)C2. The first kappa shape index (κ1) is 11.7. The third kappa shape index (κ3) is 1.90. The van der Waals surface area contributed by atoms with Crippen molar-refractivity contribution in [2.45, 2.75) is 51.2 Å². The van der Waals surface area contributed by atoms with E-state index in [0.717, 1.165) is 25.8 Å². The summed E-state index contributed by atoms with van der Waals surface area (Å²) in [4.78, 5) is 13.7. The van der Waals surface area contributed by atoms with E-state index in [2.05, 4.69) is 0 Å². The van der Waals surface area contributed by atoms with Crippen molar-refractivity contribution >= 4 is 6.09 Å². The van der Waals surface area contributed by atoms with Crippen molar-refractivity contribution in [1.29, 1.82) is 0 Å². The van der Waals surface area contributed by atoms with Gasteiger partial charge < -0.3 is 14.7 Å². The van der Waals surface area contributed by atoms with Crippen LogP contribution in [-0.4, -0.2) is 40.4 Å². The average Bonchev–Trinajstić information content (AvgIpc) is 2.13. The second kappa shape index (κ2) is 3.62. The van der Waals surface area contributed by atoms with Gasteiger partial charge in [0.2, 0.25) is 0 Å². The van der Waals surface area contributed by atoms with Crippen LogP contribution in [-0.2, 0) is 4.74 Å². The van der Waals surface area contributed by atoms with Crippen LogP contribution in [0.3, 0.4) is 0 Å². The number of nitrogens with zero attached hydrogens (tertiary/aromatic N) is 1. The van der Waals surface area contributed by atoms with E-state index in [1.165, 1.54) is 0 Å². The van der Waals surface area contributed by atoms with Gasteiger partial charge in [-0.05, 0) is 46.0 Å². The number of rotatable bonds is 1. The summed E-state index contributed by atoms with van der Waals surface area (Å²) in [5, 5.41) is 9.46. The Hall–Kier alpha value is -0.770. The van der Waals surface area contributed by atoms with Crippen LogP contribution >= 0.6 is 0 Å². The van der Waals surface area contributed by atoms with E-state index in [1.807, 2.05) is 20.8 Å². The molecule has 92 valence electrons. The Morgan fingerprint density at radius 1 is 1.50 bits per heavy atom. The van der Waals surface area contributed by atoms with Gasteiger partial charge in [-0.3, -0.25) is 0 Å². The van der Waals surface area contributed by atoms with E-state index in [1.54, 1.807) is 4.90 Å². The molecule has 4 nitrogen and oxygen atoms in total. The summed E-state index contributed by atoms with van der Waals surface area (Å²) in [6, 6.07) is 0. The lowest BCUT2D eigenvalue weighted by Gasteiger charge is -2.57. The van der Waals surface area contributed by atoms with Crippen molar-refractivity contribution in [3.63, 3.8) is 0 Å². The number of amides is 1. The molecule has 3 rings (SSSR count). The van der Waals surface area contributed by atoms with Gasteiger partial charge in [0.15, 0.2) is 0 Å². The highest BCUT2D eigenvalue weighted by molar-refractivity contribution is 5.70. The number of hydrogen-bond acceptors (Lipinski definition) is 3. The molecule has 3 aliphatic rings. The first-order chi connectivity index (χ1) is 7.36. The first-order valence-electron chi connectivity index (χ1n) is 5.98. The van der Waals surface area contributed by atoms with Gasteiger partial charge in [-0.25, -0.2) is 4.79 Å². The minimum atomic E-state index is -0.464. The minimum absolute atomic E-state index is 0.0583. The largest absolute Gasteiger partial charge is 0.444 e. The van der Waals surface area contributed by atoms with Crippen LogP contribution in [0.25, 0.3) is 0 Å². The van der Waals surface area contributed by atoms with Crippen LogP contribution in [0.15, 0.2) is 0 Å². The van der Waals surface area contributed by atoms with Crippen molar-refractivity contribution < 1.29 is 14.6 Å². The van der Waals surface area contributed by atoms with Crippen LogP contribution in [0.5, 0.6) is 0 Å². The van der Waals surface area contributed by atoms with Gasteiger partial charge >= 0.3 is 6.09 Å². The maximum Gasteiger partial charge on any atom is 0.410 e. The minimum Gasteiger partial charge on any atom is -0.444 e. The lowest BCUT2D eigenvalue weighted by Crippen LogP contribution is -2.66. The van der Waals surface area contributed by atoms with Gasteiger partial charge in [0.25, 0.3) is 0 Å². The first-order valence-corrected chi connectivity index (χ1v) is 5.98. The molecule has 0 spiro atoms. The Morgan fingerprint density at radius 2 is 2.12 bits per heavy atom. The molecule has 0 unspecified atom stereocenters. The number of aliphatic hydroxyl groups is 1. The number of carbonyl (C=O) groups excluding carboxylic acids is 1. The molecule has 0 aromatic carbocycles. The lowest BCUT2D eigenvalue weighted by atomic mass is 9.63. The zero-order valence-electron chi connectivity index (χ0n) is 10.3. The Bertz CT molecular complexity index is 289. The number of hydrogen-bond donors (Lipinski definition) is 1. The Balaban J connectivity index is 2.05. The molecule has 2 aliphatic heterocycles. The summed E-state index contributed by atoms with van der Waals surface area (Å²) in [5.41, 5.74) is -0.778. The molecule has 2 bridgehead atoms. The molecule has 2 heterocycles. The molecule has 0 radical (unpaired) electrons. The number of carbonyl (C=O) groups is 1. The van der Waals surface area contributed by atoms with Crippen molar-refractivity contribution in [3.05, 3.63) is 0 Å². The predicted molar refractivity (Wildman–Crippen MR) is 60.1 cm³/mol. The van der Waals surface area contributed by atoms with Gasteiger partial charge in [0.05, 0.1) is 12.1 Å². The number of ether oxygens (including phenoxy) is 1. The summed E-state index contributed by atoms with van der Waals surface area (Å²) < 4.78 is 5.37. The Morgan fingerprint density at radius 3 is 2.62 bits per heavy atom. The van der Waals surface area contributed by atoms with Gasteiger partial charge in [-0.2, -0.15) is 0 Å². The standard InChI is InChI=1S/C12H21NO3/c1-11(2,3)16-10(15)13-5-4-9-6-12(13,7-9)8-14/h9,14H,4-8H2,1-3H3. The fraction of sp³-hybridized carbons (Fsp3) is 0.917. The third-order valence-corrected chi connectivity index (χ3v) is 3.58. The highest BCUT2D eigenvalue weighted by Crippen LogP contribution is 2.48. The van der Waals surface area contributed by atoms with Crippen LogP contribution < -0.4 is 0 Å². The molecular weight excluding hydrogens is 206 g/mol. The Labute approximate surface area is 96.6 Å². The zero-order chi connectivity index (χ0) is 12.0. The molecule has 1 saturated carbocycles. The molecule has 2 saturated heterocycles. The molecule has 4 heteroatoms. The summed E-state index contributed by atoms with van der Waals surface area (Å²) in [5.74, 6) is 0.700. The van der Waals surface area contributed by atoms with Gasteiger partial charge in [0.1, 0.15) is 5.60 Å². The number of aliphatic hydroxyl groups excluding tert-OH is 1. The predicted octanol–water partition coefficient (Wildman–Crippen LogP) is 1.77. The van der Waals surface area contributed by atoms with Crippen molar-refractivity contribution in [3.8, 4) is 0 Å². The zero-order valence-corrected chi connectivity index (χ0v) is 10.3. The molecule has 0 aromatic rings. The highest BCUT2D eigenvalue weighted by Gasteiger charge is 2.54. The topological polar surface area (TPSA) is 49.8 Å². The summed E-state index contributed by atoms with van der Waals surface area (Å²) >= 11 is 0. The van der Waals surface area contributed by atoms with E-state index in [9.17, 15) is 9.90 Å². The number of fused-ring (bicyclic) bond motifs is 2. The molecule has 0 aromatic heterocycles. The van der Waals surface area contributed by atoms with E-state index in [4.69, 9.17) is 4.74 Å². The van der Waals surface area contributed by atoms with Gasteiger partial charge in [-0.15, -0.1) is 0 Å². The van der Waals surface area contributed by atoms with E-state index in [0.29, 0.717) is 5.92 Å². The quantitative estimate of drug-likeness (QED) is 0.742.